The Kier molecular flexibility index (Phi) is 3.04. The van der Waals surface area contributed by atoms with Crippen LogP contribution in [-0.4, -0.2) is 11.7 Å². The van der Waals surface area contributed by atoms with E-state index >= 15 is 0 Å². The average molecular weight is 103 g/mol. The highest BCUT2D eigenvalue weighted by atomic mass is 32.1. The van der Waals surface area contributed by atoms with E-state index in [1.807, 2.05) is 6.92 Å². The van der Waals surface area contributed by atoms with Crippen molar-refractivity contribution >= 4 is 17.3 Å². The number of rotatable bonds is 1. The average Bonchev–Trinajstić information content (AvgIpc) is 1.35. The third-order valence-corrected chi connectivity index (χ3v) is 0.423. The predicted octanol–water partition coefficient (Wildman–Crippen LogP) is 1.18. The fourth-order valence-corrected chi connectivity index (χ4v) is 0.279. The molecule has 0 saturated heterocycles. The van der Waals surface area contributed by atoms with Crippen molar-refractivity contribution in [3.63, 3.8) is 0 Å². The lowest BCUT2D eigenvalue weighted by Crippen LogP contribution is -1.92. The van der Waals surface area contributed by atoms with Crippen LogP contribution in [-0.2, 0) is 4.74 Å². The molecule has 0 rings (SSSR count). The lowest BCUT2D eigenvalue weighted by Gasteiger charge is -1.93. The molecule has 0 fully saturated rings. The Labute approximate surface area is 43.3 Å². The molecule has 1 radical (unpaired) electrons. The minimum atomic E-state index is 0.373. The van der Waals surface area contributed by atoms with Crippen molar-refractivity contribution in [3.8, 4) is 0 Å². The van der Waals surface area contributed by atoms with Crippen LogP contribution in [0.1, 0.15) is 6.92 Å². The number of thiocarbonyl (C=S) groups is 1. The van der Waals surface area contributed by atoms with E-state index in [9.17, 15) is 0 Å². The summed E-state index contributed by atoms with van der Waals surface area (Å²) >= 11 is 4.46. The van der Waals surface area contributed by atoms with Gasteiger partial charge in [0.2, 0.25) is 0 Å². The van der Waals surface area contributed by atoms with Crippen molar-refractivity contribution in [1.82, 2.24) is 0 Å². The van der Waals surface area contributed by atoms with Gasteiger partial charge in [-0.3, -0.25) is 0 Å². The van der Waals surface area contributed by atoms with Gasteiger partial charge in [-0.05, 0) is 19.1 Å². The van der Waals surface area contributed by atoms with Crippen LogP contribution in [0.5, 0.6) is 0 Å². The molecule has 0 N–H and O–H groups in total. The Bertz CT molecular complexity index is 51.5. The van der Waals surface area contributed by atoms with Crippen molar-refractivity contribution in [2.75, 3.05) is 6.61 Å². The van der Waals surface area contributed by atoms with Gasteiger partial charge in [0.05, 0.1) is 6.61 Å². The Morgan fingerprint density at radius 3 is 2.50 bits per heavy atom. The molecule has 0 atom stereocenters. The van der Waals surface area contributed by atoms with Gasteiger partial charge in [-0.15, -0.1) is 0 Å². The zero-order valence-electron chi connectivity index (χ0n) is 3.73. The molecule has 2 heteroatoms. The molecule has 0 amide bonds. The van der Waals surface area contributed by atoms with Crippen molar-refractivity contribution in [3.05, 3.63) is 6.92 Å². The van der Waals surface area contributed by atoms with Crippen molar-refractivity contribution in [1.29, 1.82) is 0 Å². The Balaban J connectivity index is 2.83. The van der Waals surface area contributed by atoms with E-state index in [2.05, 4.69) is 23.9 Å². The summed E-state index contributed by atoms with van der Waals surface area (Å²) in [4.78, 5) is 0. The van der Waals surface area contributed by atoms with Crippen molar-refractivity contribution < 1.29 is 4.74 Å². The van der Waals surface area contributed by atoms with Gasteiger partial charge in [0.25, 0.3) is 0 Å². The van der Waals surface area contributed by atoms with Gasteiger partial charge in [0.1, 0.15) is 0 Å². The molecule has 0 aromatic heterocycles. The van der Waals surface area contributed by atoms with Crippen molar-refractivity contribution in [2.45, 2.75) is 6.92 Å². The van der Waals surface area contributed by atoms with Gasteiger partial charge in [-0.2, -0.15) is 0 Å². The topological polar surface area (TPSA) is 9.23 Å². The Morgan fingerprint density at radius 1 is 2.00 bits per heavy atom. The fraction of sp³-hybridized carbons (Fsp3) is 0.500. The summed E-state index contributed by atoms with van der Waals surface area (Å²) in [6.07, 6.45) is 0. The molecule has 0 heterocycles. The normalized spacial score (nSPS) is 7.67. The lowest BCUT2D eigenvalue weighted by molar-refractivity contribution is 0.339. The van der Waals surface area contributed by atoms with Crippen molar-refractivity contribution in [2.24, 2.45) is 0 Å². The van der Waals surface area contributed by atoms with Gasteiger partial charge in [-0.1, -0.05) is 0 Å². The molecule has 0 aromatic carbocycles. The van der Waals surface area contributed by atoms with Gasteiger partial charge < -0.3 is 4.74 Å². The molecule has 0 aliphatic rings. The minimum Gasteiger partial charge on any atom is -0.487 e. The highest BCUT2D eigenvalue weighted by molar-refractivity contribution is 7.80. The molecule has 0 aliphatic heterocycles. The molecule has 0 aromatic rings. The minimum absolute atomic E-state index is 0.373. The summed E-state index contributed by atoms with van der Waals surface area (Å²) in [5.41, 5.74) is 0. The summed E-state index contributed by atoms with van der Waals surface area (Å²) in [7, 11) is 0. The predicted molar refractivity (Wildman–Crippen MR) is 29.6 cm³/mol. The molecule has 35 valence electrons. The second kappa shape index (κ2) is 3.09. The molecule has 0 saturated carbocycles. The molecule has 1 nitrogen and oxygen atoms in total. The van der Waals surface area contributed by atoms with Crippen LogP contribution in [0.3, 0.4) is 0 Å². The van der Waals surface area contributed by atoms with Gasteiger partial charge in [0, 0.05) is 6.92 Å². The summed E-state index contributed by atoms with van der Waals surface area (Å²) in [6, 6.07) is 0. The van der Waals surface area contributed by atoms with E-state index in [1.165, 1.54) is 0 Å². The van der Waals surface area contributed by atoms with Crippen LogP contribution < -0.4 is 0 Å². The maximum atomic E-state index is 4.66. The van der Waals surface area contributed by atoms with E-state index < -0.39 is 0 Å². The maximum Gasteiger partial charge on any atom is 0.160 e. The van der Waals surface area contributed by atoms with Gasteiger partial charge in [-0.25, -0.2) is 0 Å². The highest BCUT2D eigenvalue weighted by Gasteiger charge is 1.76. The summed E-state index contributed by atoms with van der Waals surface area (Å²) in [5, 5.41) is 0.373. The first-order valence-corrected chi connectivity index (χ1v) is 2.17. The Morgan fingerprint density at radius 2 is 2.50 bits per heavy atom. The maximum absolute atomic E-state index is 4.66. The second-order valence-electron chi connectivity index (χ2n) is 0.805. The first kappa shape index (κ1) is 5.89. The zero-order chi connectivity index (χ0) is 4.99. The van der Waals surface area contributed by atoms with E-state index in [1.54, 1.807) is 0 Å². The molecule has 0 spiro atoms. The van der Waals surface area contributed by atoms with Crippen LogP contribution in [0.15, 0.2) is 0 Å². The zero-order valence-corrected chi connectivity index (χ0v) is 4.55. The third-order valence-electron chi connectivity index (χ3n) is 0.305. The lowest BCUT2D eigenvalue weighted by atomic mass is 10.8. The van der Waals surface area contributed by atoms with Gasteiger partial charge >= 0.3 is 0 Å². The molecule has 6 heavy (non-hydrogen) atoms. The summed E-state index contributed by atoms with van der Waals surface area (Å²) in [5.74, 6) is 0. The third kappa shape index (κ3) is 3.89. The molecule has 0 unspecified atom stereocenters. The highest BCUT2D eigenvalue weighted by Crippen LogP contribution is 1.74. The summed E-state index contributed by atoms with van der Waals surface area (Å²) < 4.78 is 4.66. The van der Waals surface area contributed by atoms with E-state index in [-0.39, 0.29) is 0 Å². The number of ether oxygens (including phenoxy) is 1. The van der Waals surface area contributed by atoms with Crippen LogP contribution in [0.2, 0.25) is 0 Å². The van der Waals surface area contributed by atoms with Crippen LogP contribution in [0.4, 0.5) is 0 Å². The second-order valence-corrected chi connectivity index (χ2v) is 1.26. The largest absolute Gasteiger partial charge is 0.487 e. The molecular weight excluding hydrogens is 96.1 g/mol. The van der Waals surface area contributed by atoms with Crippen LogP contribution in [0, 0.1) is 6.92 Å². The van der Waals surface area contributed by atoms with E-state index in [0.29, 0.717) is 11.7 Å². The molecule has 0 bridgehead atoms. The van der Waals surface area contributed by atoms with Crippen LogP contribution in [0.25, 0.3) is 0 Å². The van der Waals surface area contributed by atoms with Gasteiger partial charge in [0.15, 0.2) is 5.05 Å². The standard InChI is InChI=1S/C4H7OS/c1-3-5-4(2)6/h2-3H2,1H3. The smallest absolute Gasteiger partial charge is 0.160 e. The quantitative estimate of drug-likeness (QED) is 0.461. The van der Waals surface area contributed by atoms with Crippen LogP contribution >= 0.6 is 12.2 Å². The molecular formula is C4H7OS. The fourth-order valence-electron chi connectivity index (χ4n) is 0.161. The first-order chi connectivity index (χ1) is 2.77. The number of hydrogen-bond donors (Lipinski definition) is 0. The molecule has 0 aliphatic carbocycles. The SMILES string of the molecule is [CH2]C(=S)OCC. The summed E-state index contributed by atoms with van der Waals surface area (Å²) in [6.45, 7) is 5.84. The Hall–Kier alpha value is -0.110. The number of hydrogen-bond acceptors (Lipinski definition) is 2. The first-order valence-electron chi connectivity index (χ1n) is 1.76. The van der Waals surface area contributed by atoms with E-state index in [4.69, 9.17) is 0 Å². The monoisotopic (exact) mass is 103 g/mol. The van der Waals surface area contributed by atoms with E-state index in [0.717, 1.165) is 0 Å².